The number of phenols is 10. The van der Waals surface area contributed by atoms with E-state index in [1.807, 2.05) is 0 Å². The highest BCUT2D eigenvalue weighted by molar-refractivity contribution is 6.14. The van der Waals surface area contributed by atoms with Gasteiger partial charge < -0.3 is 51.1 Å². The Labute approximate surface area is 222 Å². The van der Waals surface area contributed by atoms with E-state index in [0.717, 1.165) is 42.5 Å². The fourth-order valence-electron chi connectivity index (χ4n) is 3.54. The highest BCUT2D eigenvalue weighted by atomic mass is 17.2. The molecule has 0 aliphatic carbocycles. The summed E-state index contributed by atoms with van der Waals surface area (Å²) in [5.74, 6) is -12.3. The van der Waals surface area contributed by atoms with Crippen molar-refractivity contribution in [2.45, 2.75) is 0 Å². The quantitative estimate of drug-likeness (QED) is 0.0518. The number of hydrogen-bond donors (Lipinski definition) is 10. The van der Waals surface area contributed by atoms with Gasteiger partial charge >= 0.3 is 0 Å². The molecule has 4 aromatic rings. The van der Waals surface area contributed by atoms with E-state index in [-0.39, 0.29) is 5.56 Å². The average Bonchev–Trinajstić information content (AvgIpc) is 2.91. The minimum atomic E-state index is -1.12. The van der Waals surface area contributed by atoms with Crippen LogP contribution in [0.15, 0.2) is 48.5 Å². The van der Waals surface area contributed by atoms with E-state index in [1.54, 1.807) is 0 Å². The molecule has 0 fully saturated rings. The molecule has 0 bridgehead atoms. The Morgan fingerprint density at radius 2 is 0.975 bits per heavy atom. The van der Waals surface area contributed by atoms with Gasteiger partial charge in [0.1, 0.15) is 16.9 Å². The first kappa shape index (κ1) is 26.9. The van der Waals surface area contributed by atoms with E-state index in [0.29, 0.717) is 6.07 Å². The minimum Gasteiger partial charge on any atom is -0.507 e. The molecular weight excluding hydrogens is 536 g/mol. The van der Waals surface area contributed by atoms with Gasteiger partial charge in [-0.3, -0.25) is 19.4 Å². The molecule has 4 aromatic carbocycles. The zero-order valence-electron chi connectivity index (χ0n) is 19.7. The van der Waals surface area contributed by atoms with E-state index >= 15 is 0 Å². The molecule has 0 radical (unpaired) electrons. The Morgan fingerprint density at radius 3 is 1.62 bits per heavy atom. The number of rotatable bonds is 7. The van der Waals surface area contributed by atoms with Crippen molar-refractivity contribution in [1.82, 2.24) is 0 Å². The summed E-state index contributed by atoms with van der Waals surface area (Å²) in [5.41, 5.74) is -2.30. The molecule has 0 aromatic heterocycles. The lowest BCUT2D eigenvalue weighted by atomic mass is 10.00. The lowest BCUT2D eigenvalue weighted by Gasteiger charge is -2.14. The van der Waals surface area contributed by atoms with Gasteiger partial charge in [0, 0.05) is 23.3 Å². The molecule has 4 rings (SSSR count). The molecule has 40 heavy (non-hydrogen) atoms. The molecule has 0 aliphatic rings. The second-order valence-corrected chi connectivity index (χ2v) is 8.16. The summed E-state index contributed by atoms with van der Waals surface area (Å²) in [6.07, 6.45) is 0. The van der Waals surface area contributed by atoms with Crippen molar-refractivity contribution in [1.29, 1.82) is 0 Å². The first-order valence-corrected chi connectivity index (χ1v) is 10.8. The molecule has 0 aliphatic heterocycles. The predicted octanol–water partition coefficient (Wildman–Crippen LogP) is 2.58. The van der Waals surface area contributed by atoms with E-state index in [4.69, 9.17) is 9.78 Å². The van der Waals surface area contributed by atoms with E-state index in [2.05, 4.69) is 0 Å². The molecule has 0 atom stereocenters. The molecule has 0 amide bonds. The lowest BCUT2D eigenvalue weighted by molar-refractivity contribution is -0.102. The van der Waals surface area contributed by atoms with Crippen LogP contribution in [0.25, 0.3) is 0 Å². The fourth-order valence-corrected chi connectivity index (χ4v) is 3.54. The zero-order valence-corrected chi connectivity index (χ0v) is 19.7. The molecule has 0 saturated carbocycles. The number of carbonyl (C=O) groups is 2. The van der Waals surface area contributed by atoms with Crippen molar-refractivity contribution in [3.05, 3.63) is 70.8 Å². The van der Waals surface area contributed by atoms with Crippen LogP contribution in [0.3, 0.4) is 0 Å². The third-order valence-corrected chi connectivity index (χ3v) is 5.58. The van der Waals surface area contributed by atoms with Gasteiger partial charge in [-0.05, 0) is 36.4 Å². The SMILES string of the molecule is O=C(c1ccc(O)c(OOc2ccc(O)c(O)c2C(=O)c2cc(O)c(O)c(O)c2)c1)c1c(O)cc(O)c(O)c1O. The Morgan fingerprint density at radius 1 is 0.425 bits per heavy atom. The van der Waals surface area contributed by atoms with Crippen LogP contribution in [0.1, 0.15) is 31.8 Å². The maximum absolute atomic E-state index is 13.1. The molecule has 10 N–H and O–H groups in total. The second-order valence-electron chi connectivity index (χ2n) is 8.16. The van der Waals surface area contributed by atoms with Gasteiger partial charge in [0.15, 0.2) is 51.7 Å². The van der Waals surface area contributed by atoms with Crippen molar-refractivity contribution >= 4 is 11.6 Å². The predicted molar refractivity (Wildman–Crippen MR) is 131 cm³/mol. The molecule has 14 nitrogen and oxygen atoms in total. The first-order valence-electron chi connectivity index (χ1n) is 10.8. The minimum absolute atomic E-state index is 0.327. The summed E-state index contributed by atoms with van der Waals surface area (Å²) >= 11 is 0. The molecule has 0 spiro atoms. The Kier molecular flexibility index (Phi) is 6.68. The van der Waals surface area contributed by atoms with Crippen LogP contribution in [0.4, 0.5) is 0 Å². The molecule has 0 heterocycles. The molecule has 0 saturated heterocycles. The van der Waals surface area contributed by atoms with Crippen LogP contribution in [0, 0.1) is 0 Å². The van der Waals surface area contributed by atoms with Gasteiger partial charge in [-0.15, -0.1) is 0 Å². The summed E-state index contributed by atoms with van der Waals surface area (Å²) in [6.45, 7) is 0. The number of aromatic hydroxyl groups is 10. The summed E-state index contributed by atoms with van der Waals surface area (Å²) in [7, 11) is 0. The second kappa shape index (κ2) is 9.94. The topological polar surface area (TPSA) is 255 Å². The summed E-state index contributed by atoms with van der Waals surface area (Å²) in [6, 6.07) is 6.94. The van der Waals surface area contributed by atoms with Crippen LogP contribution >= 0.6 is 0 Å². The Bertz CT molecular complexity index is 1670. The van der Waals surface area contributed by atoms with Crippen LogP contribution in [0.2, 0.25) is 0 Å². The lowest BCUT2D eigenvalue weighted by Crippen LogP contribution is -2.09. The largest absolute Gasteiger partial charge is 0.507 e. The van der Waals surface area contributed by atoms with E-state index in [9.17, 15) is 60.7 Å². The van der Waals surface area contributed by atoms with Crippen LogP contribution in [-0.4, -0.2) is 62.6 Å². The van der Waals surface area contributed by atoms with Gasteiger partial charge in [0.2, 0.25) is 23.1 Å². The number of carbonyl (C=O) groups excluding carboxylic acids is 2. The third-order valence-electron chi connectivity index (χ3n) is 5.58. The standard InChI is InChI=1S/C26H18O14/c27-11-2-1-9(21(33)19-13(29)8-16(32)25(37)26(19)38)7-18(11)40-39-17-4-3-12(28)24(36)20(17)22(34)10-5-14(30)23(35)15(31)6-10/h1-8,27-32,35-38H. The number of phenolic OH excluding ortho intramolecular Hbond substituents is 10. The van der Waals surface area contributed by atoms with Gasteiger partial charge in [-0.1, -0.05) is 0 Å². The van der Waals surface area contributed by atoms with Crippen molar-refractivity contribution < 1.29 is 70.4 Å². The van der Waals surface area contributed by atoms with Gasteiger partial charge in [0.25, 0.3) is 0 Å². The number of benzene rings is 4. The average molecular weight is 554 g/mol. The normalized spacial score (nSPS) is 10.7. The molecular formula is C26H18O14. The van der Waals surface area contributed by atoms with Crippen molar-refractivity contribution in [3.8, 4) is 69.0 Å². The van der Waals surface area contributed by atoms with E-state index < -0.39 is 97.3 Å². The smallest absolute Gasteiger partial charge is 0.220 e. The third kappa shape index (κ3) is 4.63. The van der Waals surface area contributed by atoms with Gasteiger partial charge in [0.05, 0.1) is 0 Å². The molecule has 206 valence electrons. The van der Waals surface area contributed by atoms with Crippen molar-refractivity contribution in [2.75, 3.05) is 0 Å². The van der Waals surface area contributed by atoms with Crippen LogP contribution in [-0.2, 0) is 0 Å². The maximum Gasteiger partial charge on any atom is 0.220 e. The fraction of sp³-hybridized carbons (Fsp3) is 0. The summed E-state index contributed by atoms with van der Waals surface area (Å²) < 4.78 is 0. The molecule has 14 heteroatoms. The highest BCUT2D eigenvalue weighted by Crippen LogP contribution is 2.44. The van der Waals surface area contributed by atoms with Gasteiger partial charge in [-0.2, -0.15) is 0 Å². The van der Waals surface area contributed by atoms with E-state index in [1.165, 1.54) is 0 Å². The number of ketones is 2. The summed E-state index contributed by atoms with van der Waals surface area (Å²) in [4.78, 5) is 36.1. The van der Waals surface area contributed by atoms with Gasteiger partial charge in [-0.25, -0.2) is 0 Å². The van der Waals surface area contributed by atoms with Crippen LogP contribution in [0.5, 0.6) is 69.0 Å². The highest BCUT2D eigenvalue weighted by Gasteiger charge is 2.27. The first-order chi connectivity index (χ1) is 18.8. The van der Waals surface area contributed by atoms with Crippen molar-refractivity contribution in [3.63, 3.8) is 0 Å². The zero-order chi connectivity index (χ0) is 29.5. The Balaban J connectivity index is 1.69. The maximum atomic E-state index is 13.1. The number of hydrogen-bond acceptors (Lipinski definition) is 14. The summed E-state index contributed by atoms with van der Waals surface area (Å²) in [5, 5.41) is 98.6. The molecule has 0 unspecified atom stereocenters. The van der Waals surface area contributed by atoms with Crippen LogP contribution < -0.4 is 9.78 Å². The Hall–Kier alpha value is -6.18. The van der Waals surface area contributed by atoms with Crippen molar-refractivity contribution in [2.24, 2.45) is 0 Å². The monoisotopic (exact) mass is 554 g/mol.